The van der Waals surface area contributed by atoms with Crippen LogP contribution in [0, 0.1) is 0 Å². The van der Waals surface area contributed by atoms with Crippen LogP contribution in [0.1, 0.15) is 0 Å². The van der Waals surface area contributed by atoms with Crippen LogP contribution in [-0.4, -0.2) is 20.2 Å². The molecule has 8 nitrogen and oxygen atoms in total. The Kier molecular flexibility index (Phi) is 5.91. The number of primary sulfonamides is 1. The molecule has 3 aromatic carbocycles. The first-order chi connectivity index (χ1) is 13.8. The zero-order valence-corrected chi connectivity index (χ0v) is 15.8. The second kappa shape index (κ2) is 8.55. The molecule has 4 N–H and O–H groups in total. The number of nitrogens with two attached hydrogens (primary N) is 1. The van der Waals surface area contributed by atoms with E-state index in [0.29, 0.717) is 17.2 Å². The second-order valence-electron chi connectivity index (χ2n) is 5.92. The van der Waals surface area contributed by atoms with Gasteiger partial charge in [0.1, 0.15) is 11.5 Å². The number of rotatable bonds is 5. The molecular formula is C20H17N3O5S. The Hall–Kier alpha value is -3.69. The van der Waals surface area contributed by atoms with Crippen molar-refractivity contribution in [3.8, 4) is 11.5 Å². The first kappa shape index (κ1) is 20.1. The monoisotopic (exact) mass is 411 g/mol. The number of amides is 2. The number of benzene rings is 3. The SMILES string of the molecule is NS(=O)(=O)c1ccc(NC(=O)C(=O)Nc2ccc(Oc3ccccc3)cc2)cc1. The Morgan fingerprint density at radius 1 is 0.690 bits per heavy atom. The standard InChI is InChI=1S/C20H17N3O5S/c21-29(26,27)18-12-8-15(9-13-18)23-20(25)19(24)22-14-6-10-17(11-7-14)28-16-4-2-1-3-5-16/h1-13H,(H,22,24)(H,23,25)(H2,21,26,27). The predicted molar refractivity (Wildman–Crippen MR) is 108 cm³/mol. The zero-order chi connectivity index (χ0) is 20.9. The van der Waals surface area contributed by atoms with Crippen molar-refractivity contribution in [3.05, 3.63) is 78.9 Å². The summed E-state index contributed by atoms with van der Waals surface area (Å²) in [6.07, 6.45) is 0. The van der Waals surface area contributed by atoms with Gasteiger partial charge in [0, 0.05) is 11.4 Å². The molecule has 0 saturated carbocycles. The van der Waals surface area contributed by atoms with Crippen LogP contribution in [0.3, 0.4) is 0 Å². The quantitative estimate of drug-likeness (QED) is 0.556. The predicted octanol–water partition coefficient (Wildman–Crippen LogP) is 2.70. The van der Waals surface area contributed by atoms with Gasteiger partial charge in [-0.3, -0.25) is 9.59 Å². The molecule has 0 unspecified atom stereocenters. The number of sulfonamides is 1. The number of nitrogens with one attached hydrogen (secondary N) is 2. The highest BCUT2D eigenvalue weighted by atomic mass is 32.2. The Morgan fingerprint density at radius 3 is 1.62 bits per heavy atom. The summed E-state index contributed by atoms with van der Waals surface area (Å²) >= 11 is 0. The van der Waals surface area contributed by atoms with Crippen LogP contribution >= 0.6 is 0 Å². The first-order valence-corrected chi connectivity index (χ1v) is 9.94. The minimum atomic E-state index is -3.83. The highest BCUT2D eigenvalue weighted by molar-refractivity contribution is 7.89. The van der Waals surface area contributed by atoms with Crippen molar-refractivity contribution in [2.75, 3.05) is 10.6 Å². The van der Waals surface area contributed by atoms with Crippen LogP contribution in [0.5, 0.6) is 11.5 Å². The fourth-order valence-electron chi connectivity index (χ4n) is 2.33. The highest BCUT2D eigenvalue weighted by Crippen LogP contribution is 2.22. The molecule has 9 heteroatoms. The number of hydrogen-bond acceptors (Lipinski definition) is 5. The van der Waals surface area contributed by atoms with Crippen LogP contribution in [0.15, 0.2) is 83.8 Å². The molecule has 0 aliphatic rings. The summed E-state index contributed by atoms with van der Waals surface area (Å²) in [6.45, 7) is 0. The third kappa shape index (κ3) is 5.64. The summed E-state index contributed by atoms with van der Waals surface area (Å²) in [4.78, 5) is 24.0. The van der Waals surface area contributed by atoms with E-state index in [2.05, 4.69) is 10.6 Å². The Balaban J connectivity index is 1.57. The van der Waals surface area contributed by atoms with Crippen molar-refractivity contribution in [1.29, 1.82) is 0 Å². The van der Waals surface area contributed by atoms with E-state index in [4.69, 9.17) is 9.88 Å². The largest absolute Gasteiger partial charge is 0.457 e. The molecule has 0 radical (unpaired) electrons. The maximum atomic E-state index is 12.0. The molecule has 29 heavy (non-hydrogen) atoms. The van der Waals surface area contributed by atoms with E-state index in [0.717, 1.165) is 0 Å². The summed E-state index contributed by atoms with van der Waals surface area (Å²) in [7, 11) is -3.83. The van der Waals surface area contributed by atoms with E-state index in [1.807, 2.05) is 30.3 Å². The normalized spacial score (nSPS) is 10.8. The van der Waals surface area contributed by atoms with Crippen molar-refractivity contribution < 1.29 is 22.7 Å². The van der Waals surface area contributed by atoms with Crippen molar-refractivity contribution in [2.45, 2.75) is 4.90 Å². The number of hydrogen-bond donors (Lipinski definition) is 3. The summed E-state index contributed by atoms with van der Waals surface area (Å²) < 4.78 is 28.1. The number of carbonyl (C=O) groups is 2. The van der Waals surface area contributed by atoms with Crippen molar-refractivity contribution in [1.82, 2.24) is 0 Å². The number of para-hydroxylation sites is 1. The first-order valence-electron chi connectivity index (χ1n) is 8.39. The van der Waals surface area contributed by atoms with E-state index < -0.39 is 21.8 Å². The molecule has 0 aliphatic carbocycles. The van der Waals surface area contributed by atoms with Crippen LogP contribution in [0.2, 0.25) is 0 Å². The van der Waals surface area contributed by atoms with Gasteiger partial charge in [-0.15, -0.1) is 0 Å². The van der Waals surface area contributed by atoms with Gasteiger partial charge in [0.25, 0.3) is 0 Å². The number of ether oxygens (including phenoxy) is 1. The molecule has 3 aromatic rings. The lowest BCUT2D eigenvalue weighted by atomic mass is 10.3. The minimum Gasteiger partial charge on any atom is -0.457 e. The van der Waals surface area contributed by atoms with Crippen LogP contribution in [0.4, 0.5) is 11.4 Å². The Bertz CT molecular complexity index is 1110. The molecule has 148 valence electrons. The van der Waals surface area contributed by atoms with Gasteiger partial charge in [0.2, 0.25) is 10.0 Å². The molecule has 0 atom stereocenters. The van der Waals surface area contributed by atoms with Crippen LogP contribution in [-0.2, 0) is 19.6 Å². The number of carbonyl (C=O) groups excluding carboxylic acids is 2. The summed E-state index contributed by atoms with van der Waals surface area (Å²) in [5.74, 6) is -0.527. The van der Waals surface area contributed by atoms with Crippen molar-refractivity contribution in [2.24, 2.45) is 5.14 Å². The van der Waals surface area contributed by atoms with E-state index in [1.54, 1.807) is 24.3 Å². The van der Waals surface area contributed by atoms with Crippen molar-refractivity contribution in [3.63, 3.8) is 0 Å². The van der Waals surface area contributed by atoms with E-state index in [9.17, 15) is 18.0 Å². The van der Waals surface area contributed by atoms with Gasteiger partial charge in [0.05, 0.1) is 4.90 Å². The van der Waals surface area contributed by atoms with E-state index in [1.165, 1.54) is 24.3 Å². The summed E-state index contributed by atoms with van der Waals surface area (Å²) in [5.41, 5.74) is 0.666. The Morgan fingerprint density at radius 2 is 1.14 bits per heavy atom. The van der Waals surface area contributed by atoms with Gasteiger partial charge in [-0.2, -0.15) is 0 Å². The summed E-state index contributed by atoms with van der Waals surface area (Å²) in [6, 6.07) is 20.9. The third-order valence-corrected chi connectivity index (χ3v) is 4.67. The van der Waals surface area contributed by atoms with Gasteiger partial charge >= 0.3 is 11.8 Å². The fraction of sp³-hybridized carbons (Fsp3) is 0. The summed E-state index contributed by atoms with van der Waals surface area (Å²) in [5, 5.41) is 9.85. The van der Waals surface area contributed by atoms with Gasteiger partial charge in [-0.1, -0.05) is 18.2 Å². The van der Waals surface area contributed by atoms with Gasteiger partial charge in [-0.25, -0.2) is 13.6 Å². The molecule has 0 bridgehead atoms. The lowest BCUT2D eigenvalue weighted by Crippen LogP contribution is -2.29. The second-order valence-corrected chi connectivity index (χ2v) is 7.48. The van der Waals surface area contributed by atoms with Gasteiger partial charge in [0.15, 0.2) is 0 Å². The molecule has 0 saturated heterocycles. The molecule has 0 spiro atoms. The lowest BCUT2D eigenvalue weighted by Gasteiger charge is -2.09. The molecule has 0 aliphatic heterocycles. The van der Waals surface area contributed by atoms with Crippen LogP contribution < -0.4 is 20.5 Å². The fourth-order valence-corrected chi connectivity index (χ4v) is 2.85. The topological polar surface area (TPSA) is 128 Å². The van der Waals surface area contributed by atoms with E-state index >= 15 is 0 Å². The molecule has 3 rings (SSSR count). The lowest BCUT2D eigenvalue weighted by molar-refractivity contribution is -0.132. The molecule has 0 heterocycles. The highest BCUT2D eigenvalue weighted by Gasteiger charge is 2.15. The van der Waals surface area contributed by atoms with Crippen molar-refractivity contribution >= 4 is 33.2 Å². The molecule has 2 amide bonds. The smallest absolute Gasteiger partial charge is 0.314 e. The van der Waals surface area contributed by atoms with Gasteiger partial charge < -0.3 is 15.4 Å². The maximum absolute atomic E-state index is 12.0. The molecule has 0 fully saturated rings. The number of anilines is 2. The molecular weight excluding hydrogens is 394 g/mol. The van der Waals surface area contributed by atoms with Crippen LogP contribution in [0.25, 0.3) is 0 Å². The zero-order valence-electron chi connectivity index (χ0n) is 15.0. The average Bonchev–Trinajstić information content (AvgIpc) is 2.70. The minimum absolute atomic E-state index is 0.0993. The average molecular weight is 411 g/mol. The Labute approximate surface area is 167 Å². The molecule has 0 aromatic heterocycles. The third-order valence-electron chi connectivity index (χ3n) is 3.74. The maximum Gasteiger partial charge on any atom is 0.314 e. The van der Waals surface area contributed by atoms with Gasteiger partial charge in [-0.05, 0) is 60.7 Å². The van der Waals surface area contributed by atoms with E-state index in [-0.39, 0.29) is 10.6 Å².